The van der Waals surface area contributed by atoms with Gasteiger partial charge in [-0.15, -0.1) is 0 Å². The van der Waals surface area contributed by atoms with Gasteiger partial charge in [0.2, 0.25) is 0 Å². The van der Waals surface area contributed by atoms with Crippen molar-refractivity contribution in [2.45, 2.75) is 25.7 Å². The highest BCUT2D eigenvalue weighted by molar-refractivity contribution is 5.88. The maximum atomic E-state index is 3.46. The van der Waals surface area contributed by atoms with Gasteiger partial charge in [-0.05, 0) is 67.6 Å². The molecule has 2 heteroatoms. The van der Waals surface area contributed by atoms with Crippen LogP contribution in [0.15, 0.2) is 48.7 Å². The van der Waals surface area contributed by atoms with E-state index in [2.05, 4.69) is 65.9 Å². The standard InChI is InChI=1S/C20H22N2/c1-14-2-4-15(5-3-14)17-6-7-20-18(12-17)19(13-22-20)16-8-10-21-11-9-16/h2-7,12-13,16,21-22H,8-11H2,1H3. The lowest BCUT2D eigenvalue weighted by molar-refractivity contribution is 0.462. The Bertz CT molecular complexity index is 777. The Hall–Kier alpha value is -2.06. The Morgan fingerprint density at radius 2 is 1.64 bits per heavy atom. The summed E-state index contributed by atoms with van der Waals surface area (Å²) >= 11 is 0. The van der Waals surface area contributed by atoms with Crippen molar-refractivity contribution >= 4 is 10.9 Å². The molecule has 4 rings (SSSR count). The second kappa shape index (κ2) is 5.62. The number of nitrogens with one attached hydrogen (secondary N) is 2. The molecule has 1 aliphatic heterocycles. The summed E-state index contributed by atoms with van der Waals surface area (Å²) < 4.78 is 0. The molecule has 2 heterocycles. The number of rotatable bonds is 2. The number of aromatic amines is 1. The predicted molar refractivity (Wildman–Crippen MR) is 93.3 cm³/mol. The van der Waals surface area contributed by atoms with Gasteiger partial charge in [0.05, 0.1) is 0 Å². The van der Waals surface area contributed by atoms with E-state index >= 15 is 0 Å². The van der Waals surface area contributed by atoms with Gasteiger partial charge in [0, 0.05) is 17.1 Å². The summed E-state index contributed by atoms with van der Waals surface area (Å²) in [7, 11) is 0. The number of benzene rings is 2. The van der Waals surface area contributed by atoms with Crippen molar-refractivity contribution in [3.8, 4) is 11.1 Å². The Morgan fingerprint density at radius 1 is 0.909 bits per heavy atom. The molecule has 0 radical (unpaired) electrons. The summed E-state index contributed by atoms with van der Waals surface area (Å²) in [5.74, 6) is 0.684. The van der Waals surface area contributed by atoms with Gasteiger partial charge in [0.1, 0.15) is 0 Å². The van der Waals surface area contributed by atoms with E-state index in [9.17, 15) is 0 Å². The van der Waals surface area contributed by atoms with E-state index in [-0.39, 0.29) is 0 Å². The minimum Gasteiger partial charge on any atom is -0.361 e. The molecule has 1 aromatic heterocycles. The first-order valence-electron chi connectivity index (χ1n) is 8.20. The monoisotopic (exact) mass is 290 g/mol. The van der Waals surface area contributed by atoms with Gasteiger partial charge in [-0.3, -0.25) is 0 Å². The van der Waals surface area contributed by atoms with Crippen LogP contribution in [0.1, 0.15) is 29.9 Å². The number of H-pyrrole nitrogens is 1. The number of aryl methyl sites for hydroxylation is 1. The second-order valence-corrected chi connectivity index (χ2v) is 6.39. The van der Waals surface area contributed by atoms with Crippen LogP contribution in [-0.4, -0.2) is 18.1 Å². The van der Waals surface area contributed by atoms with E-state index < -0.39 is 0 Å². The van der Waals surface area contributed by atoms with E-state index in [1.165, 1.54) is 46.0 Å². The third-order valence-corrected chi connectivity index (χ3v) is 4.88. The molecule has 2 nitrogen and oxygen atoms in total. The minimum atomic E-state index is 0.684. The first-order valence-corrected chi connectivity index (χ1v) is 8.20. The summed E-state index contributed by atoms with van der Waals surface area (Å²) in [6.07, 6.45) is 4.70. The van der Waals surface area contributed by atoms with Crippen molar-refractivity contribution in [2.75, 3.05) is 13.1 Å². The molecule has 0 unspecified atom stereocenters. The second-order valence-electron chi connectivity index (χ2n) is 6.39. The quantitative estimate of drug-likeness (QED) is 0.708. The number of aromatic nitrogens is 1. The van der Waals surface area contributed by atoms with E-state index in [0.717, 1.165) is 13.1 Å². The molecule has 112 valence electrons. The highest BCUT2D eigenvalue weighted by atomic mass is 14.9. The third kappa shape index (κ3) is 2.44. The zero-order chi connectivity index (χ0) is 14.9. The van der Waals surface area contributed by atoms with Gasteiger partial charge in [-0.25, -0.2) is 0 Å². The van der Waals surface area contributed by atoms with E-state index in [4.69, 9.17) is 0 Å². The molecule has 1 fully saturated rings. The summed E-state index contributed by atoms with van der Waals surface area (Å²) in [5.41, 5.74) is 6.66. The molecule has 0 aliphatic carbocycles. The Morgan fingerprint density at radius 3 is 2.41 bits per heavy atom. The van der Waals surface area contributed by atoms with Crippen molar-refractivity contribution in [3.05, 3.63) is 59.8 Å². The first kappa shape index (κ1) is 13.6. The predicted octanol–water partition coefficient (Wildman–Crippen LogP) is 4.61. The SMILES string of the molecule is Cc1ccc(-c2ccc3[nH]cc(C4CCNCC4)c3c2)cc1. The van der Waals surface area contributed by atoms with Gasteiger partial charge < -0.3 is 10.3 Å². The Labute approximate surface area is 131 Å². The number of hydrogen-bond acceptors (Lipinski definition) is 1. The van der Waals surface area contributed by atoms with Crippen LogP contribution in [0.4, 0.5) is 0 Å². The fourth-order valence-electron chi connectivity index (χ4n) is 3.54. The smallest absolute Gasteiger partial charge is 0.0457 e. The van der Waals surface area contributed by atoms with Crippen LogP contribution < -0.4 is 5.32 Å². The summed E-state index contributed by atoms with van der Waals surface area (Å²) in [6, 6.07) is 15.6. The zero-order valence-electron chi connectivity index (χ0n) is 13.0. The topological polar surface area (TPSA) is 27.8 Å². The molecule has 1 aliphatic rings. The highest BCUT2D eigenvalue weighted by Gasteiger charge is 2.18. The third-order valence-electron chi connectivity index (χ3n) is 4.88. The molecule has 2 N–H and O–H groups in total. The van der Waals surface area contributed by atoms with Crippen molar-refractivity contribution in [3.63, 3.8) is 0 Å². The molecule has 0 atom stereocenters. The van der Waals surface area contributed by atoms with Crippen LogP contribution in [0.3, 0.4) is 0 Å². The first-order chi connectivity index (χ1) is 10.8. The van der Waals surface area contributed by atoms with E-state index in [1.54, 1.807) is 0 Å². The maximum Gasteiger partial charge on any atom is 0.0457 e. The lowest BCUT2D eigenvalue weighted by Gasteiger charge is -2.22. The average molecular weight is 290 g/mol. The average Bonchev–Trinajstić information content (AvgIpc) is 2.99. The van der Waals surface area contributed by atoms with Gasteiger partial charge in [0.25, 0.3) is 0 Å². The molecule has 0 saturated carbocycles. The van der Waals surface area contributed by atoms with Gasteiger partial charge in [-0.2, -0.15) is 0 Å². The highest BCUT2D eigenvalue weighted by Crippen LogP contribution is 2.33. The molecule has 0 spiro atoms. The molecule has 0 bridgehead atoms. The van der Waals surface area contributed by atoms with Crippen molar-refractivity contribution < 1.29 is 0 Å². The Balaban J connectivity index is 1.77. The molecular weight excluding hydrogens is 268 g/mol. The van der Waals surface area contributed by atoms with Crippen LogP contribution in [0, 0.1) is 6.92 Å². The van der Waals surface area contributed by atoms with Crippen LogP contribution >= 0.6 is 0 Å². The van der Waals surface area contributed by atoms with Gasteiger partial charge in [-0.1, -0.05) is 35.9 Å². The van der Waals surface area contributed by atoms with Crippen LogP contribution in [0.25, 0.3) is 22.0 Å². The number of hydrogen-bond donors (Lipinski definition) is 2. The van der Waals surface area contributed by atoms with Crippen molar-refractivity contribution in [1.29, 1.82) is 0 Å². The largest absolute Gasteiger partial charge is 0.361 e. The summed E-state index contributed by atoms with van der Waals surface area (Å²) in [4.78, 5) is 3.45. The summed E-state index contributed by atoms with van der Waals surface area (Å²) in [6.45, 7) is 4.40. The molecule has 0 amide bonds. The molecular formula is C20H22N2. The lowest BCUT2D eigenvalue weighted by atomic mass is 9.89. The van der Waals surface area contributed by atoms with Crippen molar-refractivity contribution in [1.82, 2.24) is 10.3 Å². The zero-order valence-corrected chi connectivity index (χ0v) is 13.0. The normalized spacial score (nSPS) is 16.2. The molecule has 22 heavy (non-hydrogen) atoms. The fraction of sp³-hybridized carbons (Fsp3) is 0.300. The van der Waals surface area contributed by atoms with E-state index in [1.807, 2.05) is 0 Å². The Kier molecular flexibility index (Phi) is 3.47. The summed E-state index contributed by atoms with van der Waals surface area (Å²) in [5, 5.41) is 4.85. The number of piperidine rings is 1. The lowest BCUT2D eigenvalue weighted by Crippen LogP contribution is -2.26. The van der Waals surface area contributed by atoms with Crippen LogP contribution in [-0.2, 0) is 0 Å². The number of fused-ring (bicyclic) bond motifs is 1. The maximum absolute atomic E-state index is 3.46. The van der Waals surface area contributed by atoms with Crippen LogP contribution in [0.5, 0.6) is 0 Å². The minimum absolute atomic E-state index is 0.684. The molecule has 1 saturated heterocycles. The fourth-order valence-corrected chi connectivity index (χ4v) is 3.54. The molecule has 2 aromatic carbocycles. The van der Waals surface area contributed by atoms with Gasteiger partial charge >= 0.3 is 0 Å². The van der Waals surface area contributed by atoms with Gasteiger partial charge in [0.15, 0.2) is 0 Å². The van der Waals surface area contributed by atoms with Crippen LogP contribution in [0.2, 0.25) is 0 Å². The molecule has 3 aromatic rings. The van der Waals surface area contributed by atoms with Crippen molar-refractivity contribution in [2.24, 2.45) is 0 Å². The van der Waals surface area contributed by atoms with E-state index in [0.29, 0.717) is 5.92 Å².